The fourth-order valence-electron chi connectivity index (χ4n) is 1.24. The van der Waals surface area contributed by atoms with E-state index in [-0.39, 0.29) is 0 Å². The first-order chi connectivity index (χ1) is 6.54. The Balaban J connectivity index is 2.79. The van der Waals surface area contributed by atoms with Crippen LogP contribution in [0.15, 0.2) is 18.3 Å². The first-order valence-corrected chi connectivity index (χ1v) is 4.83. The predicted molar refractivity (Wildman–Crippen MR) is 56.0 cm³/mol. The van der Waals surface area contributed by atoms with Crippen molar-refractivity contribution in [1.82, 2.24) is 10.3 Å². The molecule has 0 fully saturated rings. The Bertz CT molecular complexity index is 292. The van der Waals surface area contributed by atoms with Crippen LogP contribution >= 0.6 is 0 Å². The van der Waals surface area contributed by atoms with Gasteiger partial charge in [0, 0.05) is 24.9 Å². The summed E-state index contributed by atoms with van der Waals surface area (Å²) in [6.45, 7) is 3.98. The van der Waals surface area contributed by atoms with Crippen molar-refractivity contribution in [3.05, 3.63) is 29.6 Å². The minimum absolute atomic E-state index is 0.693. The van der Waals surface area contributed by atoms with Crippen LogP contribution in [0.5, 0.6) is 0 Å². The summed E-state index contributed by atoms with van der Waals surface area (Å²) in [5.74, 6) is 0. The lowest BCUT2D eigenvalue weighted by Gasteiger charge is -2.15. The van der Waals surface area contributed by atoms with Crippen LogP contribution in [0.25, 0.3) is 0 Å². The first-order valence-electron chi connectivity index (χ1n) is 4.83. The molecule has 1 heterocycles. The van der Waals surface area contributed by atoms with Gasteiger partial charge in [-0.25, -0.2) is 4.39 Å². The Kier molecular flexibility index (Phi) is 3.58. The monoisotopic (exact) mass is 196 g/mol. The van der Waals surface area contributed by atoms with Gasteiger partial charge in [0.1, 0.15) is 5.67 Å². The van der Waals surface area contributed by atoms with E-state index < -0.39 is 5.67 Å². The van der Waals surface area contributed by atoms with Crippen molar-refractivity contribution in [1.29, 1.82) is 0 Å². The summed E-state index contributed by atoms with van der Waals surface area (Å²) in [7, 11) is 1.89. The number of likely N-dealkylation sites (N-methyl/N-ethyl adjacent to an activating group) is 1. The van der Waals surface area contributed by atoms with Crippen LogP contribution in [0.4, 0.5) is 4.39 Å². The maximum absolute atomic E-state index is 13.6. The molecule has 0 unspecified atom stereocenters. The van der Waals surface area contributed by atoms with E-state index in [0.29, 0.717) is 5.56 Å². The van der Waals surface area contributed by atoms with Gasteiger partial charge >= 0.3 is 0 Å². The molecule has 78 valence electrons. The maximum Gasteiger partial charge on any atom is 0.130 e. The fourth-order valence-corrected chi connectivity index (χ4v) is 1.24. The molecule has 0 radical (unpaired) electrons. The number of aromatic nitrogens is 1. The fraction of sp³-hybridized carbons (Fsp3) is 0.545. The molecule has 0 amide bonds. The zero-order valence-corrected chi connectivity index (χ0v) is 8.97. The van der Waals surface area contributed by atoms with E-state index in [9.17, 15) is 4.39 Å². The largest absolute Gasteiger partial charge is 0.319 e. The molecule has 3 heteroatoms. The lowest BCUT2D eigenvalue weighted by atomic mass is 10.0. The number of hydrogen-bond donors (Lipinski definition) is 1. The highest BCUT2D eigenvalue weighted by Gasteiger charge is 2.18. The Labute approximate surface area is 84.6 Å². The second-order valence-electron chi connectivity index (χ2n) is 3.86. The molecular formula is C11H17FN2. The van der Waals surface area contributed by atoms with Crippen LogP contribution in [-0.2, 0) is 12.1 Å². The summed E-state index contributed by atoms with van der Waals surface area (Å²) < 4.78 is 13.6. The summed E-state index contributed by atoms with van der Waals surface area (Å²) >= 11 is 0. The summed E-state index contributed by atoms with van der Waals surface area (Å²) in [4.78, 5) is 4.18. The average molecular weight is 196 g/mol. The van der Waals surface area contributed by atoms with E-state index in [1.54, 1.807) is 26.1 Å². The molecule has 1 rings (SSSR count). The molecular weight excluding hydrogens is 179 g/mol. The Morgan fingerprint density at radius 3 is 2.79 bits per heavy atom. The molecule has 0 aliphatic carbocycles. The van der Waals surface area contributed by atoms with Crippen molar-refractivity contribution in [2.75, 3.05) is 13.6 Å². The van der Waals surface area contributed by atoms with E-state index in [2.05, 4.69) is 10.3 Å². The molecule has 0 saturated carbocycles. The molecule has 2 nitrogen and oxygen atoms in total. The quantitative estimate of drug-likeness (QED) is 0.797. The maximum atomic E-state index is 13.6. The van der Waals surface area contributed by atoms with Crippen LogP contribution in [0.2, 0.25) is 0 Å². The second kappa shape index (κ2) is 4.51. The molecule has 1 aromatic rings. The van der Waals surface area contributed by atoms with Crippen molar-refractivity contribution < 1.29 is 4.39 Å². The van der Waals surface area contributed by atoms with Gasteiger partial charge in [0.25, 0.3) is 0 Å². The number of alkyl halides is 1. The number of nitrogens with zero attached hydrogens (tertiary/aromatic N) is 1. The molecule has 0 aliphatic rings. The van der Waals surface area contributed by atoms with Gasteiger partial charge in [0.05, 0.1) is 0 Å². The Hall–Kier alpha value is -0.960. The standard InChI is InChI=1S/C11H17FN2/c1-11(2,12)9-4-7-14-10(8-9)5-6-13-3/h4,7-8,13H,5-6H2,1-3H3. The SMILES string of the molecule is CNCCc1cc(C(C)(C)F)ccn1. The molecule has 0 bridgehead atoms. The van der Waals surface area contributed by atoms with Gasteiger partial charge in [-0.15, -0.1) is 0 Å². The van der Waals surface area contributed by atoms with E-state index in [1.807, 2.05) is 13.1 Å². The highest BCUT2D eigenvalue weighted by Crippen LogP contribution is 2.24. The van der Waals surface area contributed by atoms with Gasteiger partial charge in [-0.05, 0) is 38.6 Å². The molecule has 1 aromatic heterocycles. The molecule has 1 N–H and O–H groups in total. The summed E-state index contributed by atoms with van der Waals surface area (Å²) in [5.41, 5.74) is 0.346. The Morgan fingerprint density at radius 1 is 1.50 bits per heavy atom. The number of pyridine rings is 1. The van der Waals surface area contributed by atoms with Crippen molar-refractivity contribution in [2.24, 2.45) is 0 Å². The molecule has 0 spiro atoms. The van der Waals surface area contributed by atoms with Crippen molar-refractivity contribution in [2.45, 2.75) is 25.9 Å². The lowest BCUT2D eigenvalue weighted by molar-refractivity contribution is 0.221. The minimum atomic E-state index is -1.28. The van der Waals surface area contributed by atoms with Gasteiger partial charge in [0.15, 0.2) is 0 Å². The summed E-state index contributed by atoms with van der Waals surface area (Å²) in [6.07, 6.45) is 2.50. The second-order valence-corrected chi connectivity index (χ2v) is 3.86. The van der Waals surface area contributed by atoms with Crippen LogP contribution in [0.1, 0.15) is 25.1 Å². The minimum Gasteiger partial charge on any atom is -0.319 e. The summed E-state index contributed by atoms with van der Waals surface area (Å²) in [5, 5.41) is 3.04. The van der Waals surface area contributed by atoms with E-state index in [0.717, 1.165) is 18.7 Å². The van der Waals surface area contributed by atoms with Crippen molar-refractivity contribution in [3.8, 4) is 0 Å². The normalized spacial score (nSPS) is 11.7. The van der Waals surface area contributed by atoms with Gasteiger partial charge in [0.2, 0.25) is 0 Å². The highest BCUT2D eigenvalue weighted by molar-refractivity contribution is 5.22. The van der Waals surface area contributed by atoms with Crippen LogP contribution in [0, 0.1) is 0 Å². The number of rotatable bonds is 4. The highest BCUT2D eigenvalue weighted by atomic mass is 19.1. The van der Waals surface area contributed by atoms with Crippen molar-refractivity contribution in [3.63, 3.8) is 0 Å². The van der Waals surface area contributed by atoms with Gasteiger partial charge in [-0.3, -0.25) is 4.98 Å². The topological polar surface area (TPSA) is 24.9 Å². The third-order valence-electron chi connectivity index (χ3n) is 2.13. The van der Waals surface area contributed by atoms with Crippen LogP contribution < -0.4 is 5.32 Å². The number of nitrogens with one attached hydrogen (secondary N) is 1. The molecule has 0 saturated heterocycles. The third kappa shape index (κ3) is 3.07. The summed E-state index contributed by atoms with van der Waals surface area (Å²) in [6, 6.07) is 3.56. The number of hydrogen-bond acceptors (Lipinski definition) is 2. The average Bonchev–Trinajstić information content (AvgIpc) is 2.14. The van der Waals surface area contributed by atoms with Crippen LogP contribution in [-0.4, -0.2) is 18.6 Å². The Morgan fingerprint density at radius 2 is 2.21 bits per heavy atom. The zero-order valence-electron chi connectivity index (χ0n) is 8.97. The molecule has 14 heavy (non-hydrogen) atoms. The number of halogens is 1. The van der Waals surface area contributed by atoms with Crippen LogP contribution in [0.3, 0.4) is 0 Å². The van der Waals surface area contributed by atoms with E-state index in [4.69, 9.17) is 0 Å². The van der Waals surface area contributed by atoms with Gasteiger partial charge in [-0.2, -0.15) is 0 Å². The molecule has 0 aliphatic heterocycles. The first kappa shape index (κ1) is 11.1. The zero-order chi connectivity index (χ0) is 10.6. The van der Waals surface area contributed by atoms with Crippen molar-refractivity contribution >= 4 is 0 Å². The van der Waals surface area contributed by atoms with Gasteiger partial charge < -0.3 is 5.32 Å². The van der Waals surface area contributed by atoms with Gasteiger partial charge in [-0.1, -0.05) is 0 Å². The third-order valence-corrected chi connectivity index (χ3v) is 2.13. The van der Waals surface area contributed by atoms with E-state index >= 15 is 0 Å². The smallest absolute Gasteiger partial charge is 0.130 e. The van der Waals surface area contributed by atoms with E-state index in [1.165, 1.54) is 0 Å². The molecule has 0 aromatic carbocycles. The predicted octanol–water partition coefficient (Wildman–Crippen LogP) is 2.05. The molecule has 0 atom stereocenters. The lowest BCUT2D eigenvalue weighted by Crippen LogP contribution is -2.13.